The van der Waals surface area contributed by atoms with Gasteiger partial charge in [0.1, 0.15) is 12.1 Å². The molecule has 1 aliphatic rings. The lowest BCUT2D eigenvalue weighted by Gasteiger charge is -2.18. The first-order chi connectivity index (χ1) is 12.7. The van der Waals surface area contributed by atoms with Crippen molar-refractivity contribution in [2.45, 2.75) is 32.7 Å². The zero-order valence-electron chi connectivity index (χ0n) is 15.3. The monoisotopic (exact) mass is 375 g/mol. The molecule has 0 radical (unpaired) electrons. The number of anilines is 1. The molecule has 0 aliphatic carbocycles. The van der Waals surface area contributed by atoms with Gasteiger partial charge >= 0.3 is 12.0 Å². The van der Waals surface area contributed by atoms with E-state index in [-0.39, 0.29) is 5.78 Å². The molecule has 0 aromatic heterocycles. The molecule has 1 heterocycles. The van der Waals surface area contributed by atoms with Crippen molar-refractivity contribution in [2.75, 3.05) is 18.5 Å². The predicted molar refractivity (Wildman–Crippen MR) is 95.0 cm³/mol. The van der Waals surface area contributed by atoms with E-state index in [1.807, 2.05) is 0 Å². The highest BCUT2D eigenvalue weighted by molar-refractivity contribution is 6.08. The van der Waals surface area contributed by atoms with Gasteiger partial charge in [0.15, 0.2) is 12.4 Å². The molecular weight excluding hydrogens is 354 g/mol. The molecule has 27 heavy (non-hydrogen) atoms. The Bertz CT molecular complexity index is 806. The largest absolute Gasteiger partial charge is 0.454 e. The van der Waals surface area contributed by atoms with Gasteiger partial charge in [-0.3, -0.25) is 24.1 Å². The van der Waals surface area contributed by atoms with Crippen molar-refractivity contribution in [1.29, 1.82) is 0 Å². The SMILES string of the molecule is CC[C@]1(C)NC(=O)N(CC(=O)OCC(=O)Nc2ccccc2C(C)=O)C1=O. The fraction of sp³-hybridized carbons (Fsp3) is 0.389. The number of ether oxygens (including phenoxy) is 1. The number of urea groups is 1. The average Bonchev–Trinajstić information content (AvgIpc) is 2.84. The van der Waals surface area contributed by atoms with E-state index in [2.05, 4.69) is 10.6 Å². The molecule has 144 valence electrons. The Labute approximate surface area is 156 Å². The van der Waals surface area contributed by atoms with E-state index in [1.54, 1.807) is 38.1 Å². The van der Waals surface area contributed by atoms with Crippen LogP contribution in [-0.4, -0.2) is 53.2 Å². The fourth-order valence-corrected chi connectivity index (χ4v) is 2.54. The number of nitrogens with one attached hydrogen (secondary N) is 2. The topological polar surface area (TPSA) is 122 Å². The third-order valence-corrected chi connectivity index (χ3v) is 4.28. The third-order valence-electron chi connectivity index (χ3n) is 4.28. The van der Waals surface area contributed by atoms with Crippen molar-refractivity contribution in [3.63, 3.8) is 0 Å². The number of imide groups is 1. The van der Waals surface area contributed by atoms with Crippen LogP contribution in [0.3, 0.4) is 0 Å². The van der Waals surface area contributed by atoms with Gasteiger partial charge in [0.25, 0.3) is 11.8 Å². The van der Waals surface area contributed by atoms with Crippen molar-refractivity contribution < 1.29 is 28.7 Å². The summed E-state index contributed by atoms with van der Waals surface area (Å²) in [5, 5.41) is 5.00. The van der Waals surface area contributed by atoms with Crippen molar-refractivity contribution >= 4 is 35.3 Å². The Morgan fingerprint density at radius 1 is 1.22 bits per heavy atom. The number of amides is 4. The fourth-order valence-electron chi connectivity index (χ4n) is 2.54. The van der Waals surface area contributed by atoms with Crippen LogP contribution in [0.1, 0.15) is 37.6 Å². The summed E-state index contributed by atoms with van der Waals surface area (Å²) in [6.45, 7) is 3.48. The number of hydrogen-bond acceptors (Lipinski definition) is 6. The number of rotatable bonds is 7. The summed E-state index contributed by atoms with van der Waals surface area (Å²) in [5.41, 5.74) is -0.417. The van der Waals surface area contributed by atoms with Crippen LogP contribution in [0.2, 0.25) is 0 Å². The minimum absolute atomic E-state index is 0.222. The molecule has 0 bridgehead atoms. The van der Waals surface area contributed by atoms with Crippen LogP contribution >= 0.6 is 0 Å². The molecule has 1 atom stereocenters. The number of nitrogens with zero attached hydrogens (tertiary/aromatic N) is 1. The number of carbonyl (C=O) groups is 5. The number of hydrogen-bond donors (Lipinski definition) is 2. The van der Waals surface area contributed by atoms with Crippen LogP contribution in [0.15, 0.2) is 24.3 Å². The molecule has 1 aromatic carbocycles. The van der Waals surface area contributed by atoms with E-state index >= 15 is 0 Å². The maximum atomic E-state index is 12.2. The average molecular weight is 375 g/mol. The third kappa shape index (κ3) is 4.49. The van der Waals surface area contributed by atoms with Crippen LogP contribution in [0.4, 0.5) is 10.5 Å². The van der Waals surface area contributed by atoms with E-state index in [0.29, 0.717) is 17.7 Å². The maximum Gasteiger partial charge on any atom is 0.326 e. The highest BCUT2D eigenvalue weighted by Crippen LogP contribution is 2.20. The van der Waals surface area contributed by atoms with Crippen molar-refractivity contribution in [1.82, 2.24) is 10.2 Å². The van der Waals surface area contributed by atoms with Gasteiger partial charge < -0.3 is 15.4 Å². The van der Waals surface area contributed by atoms with Crippen molar-refractivity contribution in [2.24, 2.45) is 0 Å². The van der Waals surface area contributed by atoms with Gasteiger partial charge in [-0.25, -0.2) is 4.79 Å². The number of ketones is 1. The molecule has 1 aromatic rings. The first kappa shape index (κ1) is 20.1. The minimum atomic E-state index is -1.05. The Kier molecular flexibility index (Phi) is 5.94. The zero-order valence-corrected chi connectivity index (χ0v) is 15.3. The summed E-state index contributed by atoms with van der Waals surface area (Å²) in [6, 6.07) is 5.74. The summed E-state index contributed by atoms with van der Waals surface area (Å²) < 4.78 is 4.83. The standard InChI is InChI=1S/C18H21N3O6/c1-4-18(3)16(25)21(17(26)20-18)9-15(24)27-10-14(23)19-13-8-6-5-7-12(13)11(2)22/h5-8H,4,9-10H2,1-3H3,(H,19,23)(H,20,26)/t18-/m0/s1. The van der Waals surface area contributed by atoms with Crippen LogP contribution in [0.25, 0.3) is 0 Å². The smallest absolute Gasteiger partial charge is 0.326 e. The molecular formula is C18H21N3O6. The minimum Gasteiger partial charge on any atom is -0.454 e. The number of esters is 1. The summed E-state index contributed by atoms with van der Waals surface area (Å²) in [6.07, 6.45) is 0.376. The summed E-state index contributed by atoms with van der Waals surface area (Å²) in [4.78, 5) is 60.2. The van der Waals surface area contributed by atoms with Gasteiger partial charge in [0, 0.05) is 5.56 Å². The molecule has 2 rings (SSSR count). The van der Waals surface area contributed by atoms with Crippen LogP contribution in [0, 0.1) is 0 Å². The Morgan fingerprint density at radius 2 is 1.89 bits per heavy atom. The van der Waals surface area contributed by atoms with E-state index in [0.717, 1.165) is 4.90 Å². The van der Waals surface area contributed by atoms with Crippen molar-refractivity contribution in [3.05, 3.63) is 29.8 Å². The van der Waals surface area contributed by atoms with Crippen LogP contribution < -0.4 is 10.6 Å². The van der Waals surface area contributed by atoms with Gasteiger partial charge in [0.2, 0.25) is 0 Å². The second-order valence-corrected chi connectivity index (χ2v) is 6.32. The Balaban J connectivity index is 1.89. The molecule has 0 spiro atoms. The molecule has 9 heteroatoms. The van der Waals surface area contributed by atoms with Gasteiger partial charge in [-0.05, 0) is 32.4 Å². The number of para-hydroxylation sites is 1. The molecule has 0 unspecified atom stereocenters. The normalized spacial score (nSPS) is 18.9. The Hall–Kier alpha value is -3.23. The number of carbonyl (C=O) groups excluding carboxylic acids is 5. The van der Waals surface area contributed by atoms with Gasteiger partial charge in [-0.2, -0.15) is 0 Å². The number of Topliss-reactive ketones (excluding diaryl/α,β-unsaturated/α-hetero) is 1. The molecule has 1 fully saturated rings. The van der Waals surface area contributed by atoms with Gasteiger partial charge in [0.05, 0.1) is 5.69 Å². The highest BCUT2D eigenvalue weighted by Gasteiger charge is 2.47. The van der Waals surface area contributed by atoms with Crippen LogP contribution in [-0.2, 0) is 19.1 Å². The van der Waals surface area contributed by atoms with Crippen LogP contribution in [0.5, 0.6) is 0 Å². The van der Waals surface area contributed by atoms with E-state index in [4.69, 9.17) is 4.74 Å². The van der Waals surface area contributed by atoms with Crippen molar-refractivity contribution in [3.8, 4) is 0 Å². The zero-order chi connectivity index (χ0) is 20.2. The quantitative estimate of drug-likeness (QED) is 0.418. The molecule has 2 N–H and O–H groups in total. The van der Waals surface area contributed by atoms with Gasteiger partial charge in [-0.15, -0.1) is 0 Å². The maximum absolute atomic E-state index is 12.2. The lowest BCUT2D eigenvalue weighted by molar-refractivity contribution is -0.150. The molecule has 9 nitrogen and oxygen atoms in total. The summed E-state index contributed by atoms with van der Waals surface area (Å²) >= 11 is 0. The molecule has 4 amide bonds. The summed E-state index contributed by atoms with van der Waals surface area (Å²) in [7, 11) is 0. The first-order valence-corrected chi connectivity index (χ1v) is 8.37. The van der Waals surface area contributed by atoms with E-state index in [9.17, 15) is 24.0 Å². The first-order valence-electron chi connectivity index (χ1n) is 8.37. The molecule has 1 saturated heterocycles. The Morgan fingerprint density at radius 3 is 2.48 bits per heavy atom. The number of benzene rings is 1. The van der Waals surface area contributed by atoms with Gasteiger partial charge in [-0.1, -0.05) is 19.1 Å². The molecule has 1 aliphatic heterocycles. The summed E-state index contributed by atoms with van der Waals surface area (Å²) in [5.74, 6) is -2.28. The second-order valence-electron chi connectivity index (χ2n) is 6.32. The predicted octanol–water partition coefficient (Wildman–Crippen LogP) is 1.09. The second kappa shape index (κ2) is 7.98. The van der Waals surface area contributed by atoms with E-state index < -0.39 is 42.5 Å². The highest BCUT2D eigenvalue weighted by atomic mass is 16.5. The van der Waals surface area contributed by atoms with E-state index in [1.165, 1.54) is 6.92 Å². The lowest BCUT2D eigenvalue weighted by Crippen LogP contribution is -2.43. The molecule has 0 saturated carbocycles. The lowest BCUT2D eigenvalue weighted by atomic mass is 9.99.